The SMILES string of the molecule is C=C(CC/C(=C\C)n1nc(C#N)cc1-c1ccc(OCCNC(=O)OC(C)(C)CC)cc1)COC. The standard InChI is InChI=1S/C27H36N4O4/c1-7-23(12-9-20(3)19-33-6)31-25(17-22(18-28)30-31)21-10-13-24(14-11-21)34-16-15-29-26(32)35-27(4,5)8-2/h7,10-11,13-14,17H,3,8-9,12,15-16,19H2,1-2,4-6H3,(H,29,32)/b23-7+. The highest BCUT2D eigenvalue weighted by molar-refractivity contribution is 5.68. The van der Waals surface area contributed by atoms with E-state index in [2.05, 4.69) is 23.1 Å². The molecule has 0 saturated carbocycles. The van der Waals surface area contributed by atoms with E-state index < -0.39 is 11.7 Å². The van der Waals surface area contributed by atoms with Crippen molar-refractivity contribution < 1.29 is 19.0 Å². The fourth-order valence-electron chi connectivity index (χ4n) is 3.22. The van der Waals surface area contributed by atoms with Crippen LogP contribution < -0.4 is 10.1 Å². The van der Waals surface area contributed by atoms with Gasteiger partial charge >= 0.3 is 6.09 Å². The minimum absolute atomic E-state index is 0.311. The summed E-state index contributed by atoms with van der Waals surface area (Å²) in [6.45, 7) is 12.9. The van der Waals surface area contributed by atoms with E-state index in [0.717, 1.165) is 41.8 Å². The first-order chi connectivity index (χ1) is 16.7. The van der Waals surface area contributed by atoms with Gasteiger partial charge in [-0.05, 0) is 64.3 Å². The van der Waals surface area contributed by atoms with Gasteiger partial charge in [0.2, 0.25) is 0 Å². The summed E-state index contributed by atoms with van der Waals surface area (Å²) < 4.78 is 18.0. The Morgan fingerprint density at radius 2 is 2.00 bits per heavy atom. The summed E-state index contributed by atoms with van der Waals surface area (Å²) in [7, 11) is 1.65. The normalized spacial score (nSPS) is 11.6. The van der Waals surface area contributed by atoms with Crippen molar-refractivity contribution >= 4 is 11.8 Å². The number of alkyl carbamates (subject to hydrolysis) is 1. The number of nitrogens with one attached hydrogen (secondary N) is 1. The minimum atomic E-state index is -0.497. The second-order valence-electron chi connectivity index (χ2n) is 8.70. The number of hydrogen-bond acceptors (Lipinski definition) is 6. The molecule has 1 N–H and O–H groups in total. The summed E-state index contributed by atoms with van der Waals surface area (Å²) in [6, 6.07) is 11.5. The third kappa shape index (κ3) is 8.62. The summed E-state index contributed by atoms with van der Waals surface area (Å²) in [5, 5.41) is 16.6. The van der Waals surface area contributed by atoms with Crippen LogP contribution in [0.4, 0.5) is 4.79 Å². The lowest BCUT2D eigenvalue weighted by Gasteiger charge is -2.23. The molecule has 1 amide bonds. The number of allylic oxidation sites excluding steroid dienone is 2. The first-order valence-electron chi connectivity index (χ1n) is 11.7. The van der Waals surface area contributed by atoms with Gasteiger partial charge in [-0.1, -0.05) is 25.2 Å². The fourth-order valence-corrected chi connectivity index (χ4v) is 3.22. The van der Waals surface area contributed by atoms with Crippen LogP contribution in [0.5, 0.6) is 5.75 Å². The summed E-state index contributed by atoms with van der Waals surface area (Å²) in [6.07, 6.45) is 3.76. The Balaban J connectivity index is 2.02. The Morgan fingerprint density at radius 3 is 2.60 bits per heavy atom. The second-order valence-corrected chi connectivity index (χ2v) is 8.70. The number of nitrogens with zero attached hydrogens (tertiary/aromatic N) is 3. The van der Waals surface area contributed by atoms with E-state index >= 15 is 0 Å². The Hall–Kier alpha value is -3.57. The van der Waals surface area contributed by atoms with Crippen molar-refractivity contribution in [2.45, 2.75) is 52.6 Å². The van der Waals surface area contributed by atoms with Crippen molar-refractivity contribution in [3.05, 3.63) is 54.3 Å². The van der Waals surface area contributed by atoms with Gasteiger partial charge in [-0.25, -0.2) is 9.48 Å². The number of nitriles is 1. The molecular weight excluding hydrogens is 444 g/mol. The molecule has 0 saturated heterocycles. The molecule has 35 heavy (non-hydrogen) atoms. The van der Waals surface area contributed by atoms with Crippen LogP contribution in [0.15, 0.2) is 48.6 Å². The summed E-state index contributed by atoms with van der Waals surface area (Å²) in [4.78, 5) is 11.8. The van der Waals surface area contributed by atoms with E-state index in [1.807, 2.05) is 62.7 Å². The lowest BCUT2D eigenvalue weighted by Crippen LogP contribution is -2.36. The number of ether oxygens (including phenoxy) is 3. The van der Waals surface area contributed by atoms with Gasteiger partial charge in [-0.2, -0.15) is 10.4 Å². The van der Waals surface area contributed by atoms with E-state index in [1.165, 1.54) is 0 Å². The minimum Gasteiger partial charge on any atom is -0.492 e. The van der Waals surface area contributed by atoms with Gasteiger partial charge in [0.25, 0.3) is 0 Å². The van der Waals surface area contributed by atoms with Crippen LogP contribution in [0.2, 0.25) is 0 Å². The zero-order valence-corrected chi connectivity index (χ0v) is 21.4. The maximum absolute atomic E-state index is 11.8. The molecule has 0 bridgehead atoms. The Bertz CT molecular complexity index is 1060. The van der Waals surface area contributed by atoms with Crippen LogP contribution in [-0.4, -0.2) is 48.3 Å². The first kappa shape index (κ1) is 27.7. The Morgan fingerprint density at radius 1 is 1.29 bits per heavy atom. The molecule has 0 aliphatic rings. The first-order valence-corrected chi connectivity index (χ1v) is 11.7. The van der Waals surface area contributed by atoms with Crippen molar-refractivity contribution in [1.29, 1.82) is 5.26 Å². The molecule has 0 fully saturated rings. The average Bonchev–Trinajstić information content (AvgIpc) is 3.27. The molecule has 8 heteroatoms. The van der Waals surface area contributed by atoms with E-state index in [0.29, 0.717) is 31.2 Å². The van der Waals surface area contributed by atoms with Crippen molar-refractivity contribution in [3.8, 4) is 23.1 Å². The molecule has 8 nitrogen and oxygen atoms in total. The predicted octanol–water partition coefficient (Wildman–Crippen LogP) is 5.56. The number of carbonyl (C=O) groups is 1. The van der Waals surface area contributed by atoms with Crippen molar-refractivity contribution in [2.75, 3.05) is 26.9 Å². The quantitative estimate of drug-likeness (QED) is 0.298. The van der Waals surface area contributed by atoms with E-state index in [1.54, 1.807) is 13.2 Å². The average molecular weight is 481 g/mol. The van der Waals surface area contributed by atoms with Gasteiger partial charge in [0.15, 0.2) is 5.69 Å². The molecule has 0 atom stereocenters. The molecule has 1 aromatic carbocycles. The van der Waals surface area contributed by atoms with Gasteiger partial charge in [0.1, 0.15) is 24.0 Å². The third-order valence-corrected chi connectivity index (χ3v) is 5.52. The van der Waals surface area contributed by atoms with Gasteiger partial charge < -0.3 is 19.5 Å². The maximum atomic E-state index is 11.8. The molecule has 188 valence electrons. The van der Waals surface area contributed by atoms with Gasteiger partial charge in [0, 0.05) is 24.4 Å². The van der Waals surface area contributed by atoms with Crippen LogP contribution in [0.1, 0.15) is 52.7 Å². The lowest BCUT2D eigenvalue weighted by atomic mass is 10.1. The van der Waals surface area contributed by atoms with E-state index in [9.17, 15) is 10.1 Å². The van der Waals surface area contributed by atoms with Gasteiger partial charge in [0.05, 0.1) is 18.8 Å². The van der Waals surface area contributed by atoms with Gasteiger partial charge in [-0.15, -0.1) is 0 Å². The van der Waals surface area contributed by atoms with Crippen LogP contribution in [0, 0.1) is 11.3 Å². The third-order valence-electron chi connectivity index (χ3n) is 5.52. The second kappa shape index (κ2) is 13.4. The number of amides is 1. The lowest BCUT2D eigenvalue weighted by molar-refractivity contribution is 0.0357. The molecule has 1 aromatic heterocycles. The molecule has 0 aliphatic carbocycles. The molecular formula is C27H36N4O4. The summed E-state index contributed by atoms with van der Waals surface area (Å²) in [5.74, 6) is 0.673. The number of hydrogen-bond donors (Lipinski definition) is 1. The largest absolute Gasteiger partial charge is 0.492 e. The number of aromatic nitrogens is 2. The van der Waals surface area contributed by atoms with Crippen molar-refractivity contribution in [1.82, 2.24) is 15.1 Å². The molecule has 2 rings (SSSR count). The highest BCUT2D eigenvalue weighted by Crippen LogP contribution is 2.28. The Kier molecular flexibility index (Phi) is 10.6. The van der Waals surface area contributed by atoms with Crippen LogP contribution in [0.3, 0.4) is 0 Å². The molecule has 1 heterocycles. The highest BCUT2D eigenvalue weighted by Gasteiger charge is 2.20. The maximum Gasteiger partial charge on any atom is 0.407 e. The molecule has 0 aliphatic heterocycles. The van der Waals surface area contributed by atoms with Crippen LogP contribution >= 0.6 is 0 Å². The monoisotopic (exact) mass is 480 g/mol. The number of methoxy groups -OCH3 is 1. The van der Waals surface area contributed by atoms with Crippen molar-refractivity contribution in [2.24, 2.45) is 0 Å². The zero-order valence-electron chi connectivity index (χ0n) is 21.4. The number of carbonyl (C=O) groups excluding carboxylic acids is 1. The molecule has 0 spiro atoms. The van der Waals surface area contributed by atoms with Gasteiger partial charge in [-0.3, -0.25) is 0 Å². The molecule has 0 radical (unpaired) electrons. The smallest absolute Gasteiger partial charge is 0.407 e. The highest BCUT2D eigenvalue weighted by atomic mass is 16.6. The molecule has 0 unspecified atom stereocenters. The van der Waals surface area contributed by atoms with Crippen molar-refractivity contribution in [3.63, 3.8) is 0 Å². The predicted molar refractivity (Wildman–Crippen MR) is 137 cm³/mol. The fraction of sp³-hybridized carbons (Fsp3) is 0.444. The van der Waals surface area contributed by atoms with Crippen LogP contribution in [-0.2, 0) is 9.47 Å². The number of rotatable bonds is 13. The zero-order chi connectivity index (χ0) is 25.8. The van der Waals surface area contributed by atoms with E-state index in [-0.39, 0.29) is 0 Å². The Labute approximate surface area is 208 Å². The summed E-state index contributed by atoms with van der Waals surface area (Å²) in [5.41, 5.74) is 3.55. The van der Waals surface area contributed by atoms with E-state index in [4.69, 9.17) is 14.2 Å². The summed E-state index contributed by atoms with van der Waals surface area (Å²) >= 11 is 0. The topological polar surface area (TPSA) is 98.4 Å². The van der Waals surface area contributed by atoms with Crippen LogP contribution in [0.25, 0.3) is 17.0 Å². The number of benzene rings is 1. The molecule has 2 aromatic rings.